The fourth-order valence-corrected chi connectivity index (χ4v) is 1.76. The summed E-state index contributed by atoms with van der Waals surface area (Å²) in [5.41, 5.74) is 2.63. The molecule has 0 saturated heterocycles. The molecule has 0 amide bonds. The lowest BCUT2D eigenvalue weighted by Gasteiger charge is -2.20. The van der Waals surface area contributed by atoms with E-state index in [4.69, 9.17) is 4.74 Å². The van der Waals surface area contributed by atoms with Gasteiger partial charge in [0.05, 0.1) is 12.2 Å². The second-order valence-corrected chi connectivity index (χ2v) is 5.67. The Balaban J connectivity index is 2.51. The third-order valence-electron chi connectivity index (χ3n) is 2.78. The van der Waals surface area contributed by atoms with Gasteiger partial charge in [-0.3, -0.25) is 0 Å². The number of benzene rings is 1. The van der Waals surface area contributed by atoms with Gasteiger partial charge in [-0.25, -0.2) is 0 Å². The van der Waals surface area contributed by atoms with Gasteiger partial charge in [-0.2, -0.15) is 0 Å². The summed E-state index contributed by atoms with van der Waals surface area (Å²) in [5, 5.41) is 3.44. The Labute approximate surface area is 112 Å². The Hall–Kier alpha value is -0.860. The van der Waals surface area contributed by atoms with Gasteiger partial charge in [-0.05, 0) is 57.8 Å². The minimum Gasteiger partial charge on any atom is -0.371 e. The Morgan fingerprint density at radius 1 is 1.06 bits per heavy atom. The van der Waals surface area contributed by atoms with Crippen LogP contribution in [-0.2, 0) is 17.8 Å². The molecular formula is C16H27NO. The van der Waals surface area contributed by atoms with E-state index in [1.54, 1.807) is 0 Å². The van der Waals surface area contributed by atoms with Crippen LogP contribution in [0.15, 0.2) is 24.3 Å². The first kappa shape index (κ1) is 15.2. The van der Waals surface area contributed by atoms with Crippen LogP contribution in [0.1, 0.15) is 45.2 Å². The van der Waals surface area contributed by atoms with Gasteiger partial charge in [-0.15, -0.1) is 0 Å². The van der Waals surface area contributed by atoms with Crippen LogP contribution in [0.3, 0.4) is 0 Å². The Morgan fingerprint density at radius 2 is 1.72 bits per heavy atom. The van der Waals surface area contributed by atoms with Crippen molar-refractivity contribution < 1.29 is 4.74 Å². The molecule has 0 bridgehead atoms. The van der Waals surface area contributed by atoms with Crippen molar-refractivity contribution in [1.82, 2.24) is 5.32 Å². The molecule has 102 valence electrons. The van der Waals surface area contributed by atoms with Gasteiger partial charge in [0, 0.05) is 0 Å². The molecule has 0 radical (unpaired) electrons. The minimum absolute atomic E-state index is 0.0758. The summed E-state index contributed by atoms with van der Waals surface area (Å²) in [6.45, 7) is 11.3. The van der Waals surface area contributed by atoms with Gasteiger partial charge in [0.15, 0.2) is 0 Å². The van der Waals surface area contributed by atoms with Gasteiger partial charge >= 0.3 is 0 Å². The summed E-state index contributed by atoms with van der Waals surface area (Å²) in [6.07, 6.45) is 2.26. The van der Waals surface area contributed by atoms with E-state index in [1.165, 1.54) is 17.5 Å². The van der Waals surface area contributed by atoms with Crippen molar-refractivity contribution in [2.24, 2.45) is 0 Å². The van der Waals surface area contributed by atoms with Crippen LogP contribution in [-0.4, -0.2) is 18.7 Å². The molecule has 0 atom stereocenters. The maximum absolute atomic E-state index is 5.86. The fraction of sp³-hybridized carbons (Fsp3) is 0.625. The van der Waals surface area contributed by atoms with Crippen molar-refractivity contribution in [1.29, 1.82) is 0 Å². The van der Waals surface area contributed by atoms with E-state index in [1.807, 2.05) is 0 Å². The van der Waals surface area contributed by atoms with Gasteiger partial charge < -0.3 is 10.1 Å². The maximum Gasteiger partial charge on any atom is 0.0726 e. The lowest BCUT2D eigenvalue weighted by atomic mass is 10.0. The smallest absolute Gasteiger partial charge is 0.0726 e. The normalized spacial score (nSPS) is 11.8. The molecule has 0 aliphatic heterocycles. The predicted octanol–water partition coefficient (Wildman–Crippen LogP) is 3.54. The van der Waals surface area contributed by atoms with Gasteiger partial charge in [-0.1, -0.05) is 31.2 Å². The fourth-order valence-electron chi connectivity index (χ4n) is 1.76. The third kappa shape index (κ3) is 6.18. The van der Waals surface area contributed by atoms with Crippen molar-refractivity contribution in [2.45, 2.75) is 52.7 Å². The largest absolute Gasteiger partial charge is 0.371 e. The molecule has 1 aromatic carbocycles. The number of rotatable bonds is 7. The SMILES string of the molecule is CCCNCCc1ccccc1COC(C)(C)C. The molecule has 0 aliphatic rings. The summed E-state index contributed by atoms with van der Waals surface area (Å²) in [7, 11) is 0. The summed E-state index contributed by atoms with van der Waals surface area (Å²) in [5.74, 6) is 0. The zero-order chi connectivity index (χ0) is 13.4. The highest BCUT2D eigenvalue weighted by molar-refractivity contribution is 5.26. The highest BCUT2D eigenvalue weighted by Crippen LogP contribution is 2.15. The minimum atomic E-state index is -0.0758. The lowest BCUT2D eigenvalue weighted by molar-refractivity contribution is -0.0152. The molecular weight excluding hydrogens is 222 g/mol. The molecule has 0 saturated carbocycles. The van der Waals surface area contributed by atoms with Crippen molar-refractivity contribution >= 4 is 0 Å². The van der Waals surface area contributed by atoms with Crippen molar-refractivity contribution in [2.75, 3.05) is 13.1 Å². The second-order valence-electron chi connectivity index (χ2n) is 5.67. The lowest BCUT2D eigenvalue weighted by Crippen LogP contribution is -2.20. The second kappa shape index (κ2) is 7.55. The molecule has 0 fully saturated rings. The molecule has 0 unspecified atom stereocenters. The van der Waals surface area contributed by atoms with Gasteiger partial charge in [0.2, 0.25) is 0 Å². The van der Waals surface area contributed by atoms with E-state index in [9.17, 15) is 0 Å². The molecule has 0 spiro atoms. The van der Waals surface area contributed by atoms with Crippen LogP contribution in [0.2, 0.25) is 0 Å². The predicted molar refractivity (Wildman–Crippen MR) is 77.8 cm³/mol. The molecule has 0 aliphatic carbocycles. The number of nitrogens with one attached hydrogen (secondary N) is 1. The summed E-state index contributed by atoms with van der Waals surface area (Å²) in [6, 6.07) is 8.57. The molecule has 0 aromatic heterocycles. The van der Waals surface area contributed by atoms with E-state index < -0.39 is 0 Å². The van der Waals surface area contributed by atoms with Crippen LogP contribution in [0.5, 0.6) is 0 Å². The standard InChI is InChI=1S/C16H27NO/c1-5-11-17-12-10-14-8-6-7-9-15(14)13-18-16(2,3)4/h6-9,17H,5,10-13H2,1-4H3. The van der Waals surface area contributed by atoms with Crippen molar-refractivity contribution in [3.8, 4) is 0 Å². The third-order valence-corrected chi connectivity index (χ3v) is 2.78. The summed E-state index contributed by atoms with van der Waals surface area (Å²) >= 11 is 0. The average Bonchev–Trinajstić information content (AvgIpc) is 2.32. The maximum atomic E-state index is 5.86. The summed E-state index contributed by atoms with van der Waals surface area (Å²) < 4.78 is 5.86. The first-order chi connectivity index (χ1) is 8.53. The zero-order valence-corrected chi connectivity index (χ0v) is 12.3. The number of ether oxygens (including phenoxy) is 1. The van der Waals surface area contributed by atoms with Crippen LogP contribution in [0.25, 0.3) is 0 Å². The molecule has 1 rings (SSSR count). The highest BCUT2D eigenvalue weighted by Gasteiger charge is 2.11. The topological polar surface area (TPSA) is 21.3 Å². The first-order valence-electron chi connectivity index (χ1n) is 6.94. The molecule has 1 aromatic rings. The molecule has 18 heavy (non-hydrogen) atoms. The zero-order valence-electron chi connectivity index (χ0n) is 12.3. The Bertz CT molecular complexity index is 341. The monoisotopic (exact) mass is 249 g/mol. The van der Waals surface area contributed by atoms with E-state index in [0.29, 0.717) is 6.61 Å². The molecule has 2 heteroatoms. The van der Waals surface area contributed by atoms with Crippen LogP contribution < -0.4 is 5.32 Å². The van der Waals surface area contributed by atoms with E-state index in [0.717, 1.165) is 19.5 Å². The highest BCUT2D eigenvalue weighted by atomic mass is 16.5. The van der Waals surface area contributed by atoms with Gasteiger partial charge in [0.25, 0.3) is 0 Å². The molecule has 2 nitrogen and oxygen atoms in total. The van der Waals surface area contributed by atoms with Crippen molar-refractivity contribution in [3.63, 3.8) is 0 Å². The van der Waals surface area contributed by atoms with Gasteiger partial charge in [0.1, 0.15) is 0 Å². The Kier molecular flexibility index (Phi) is 6.37. The van der Waals surface area contributed by atoms with E-state index >= 15 is 0 Å². The first-order valence-corrected chi connectivity index (χ1v) is 6.94. The van der Waals surface area contributed by atoms with E-state index in [-0.39, 0.29) is 5.60 Å². The number of hydrogen-bond acceptors (Lipinski definition) is 2. The summed E-state index contributed by atoms with van der Waals surface area (Å²) in [4.78, 5) is 0. The van der Waals surface area contributed by atoms with Crippen LogP contribution >= 0.6 is 0 Å². The van der Waals surface area contributed by atoms with E-state index in [2.05, 4.69) is 57.3 Å². The van der Waals surface area contributed by atoms with Crippen LogP contribution in [0, 0.1) is 0 Å². The van der Waals surface area contributed by atoms with Crippen LogP contribution in [0.4, 0.5) is 0 Å². The average molecular weight is 249 g/mol. The molecule has 1 N–H and O–H groups in total. The quantitative estimate of drug-likeness (QED) is 0.746. The molecule has 0 heterocycles. The Morgan fingerprint density at radius 3 is 2.33 bits per heavy atom. The number of hydrogen-bond donors (Lipinski definition) is 1. The van der Waals surface area contributed by atoms with Crippen molar-refractivity contribution in [3.05, 3.63) is 35.4 Å².